The van der Waals surface area contributed by atoms with Gasteiger partial charge < -0.3 is 8.75 Å². The summed E-state index contributed by atoms with van der Waals surface area (Å²) in [6, 6.07) is 13.0. The van der Waals surface area contributed by atoms with Gasteiger partial charge in [0.05, 0.1) is 11.6 Å². The van der Waals surface area contributed by atoms with Crippen LogP contribution in [-0.2, 0) is 13.0 Å². The first-order valence-corrected chi connectivity index (χ1v) is 11.0. The van der Waals surface area contributed by atoms with Crippen molar-refractivity contribution in [3.05, 3.63) is 82.4 Å². The van der Waals surface area contributed by atoms with Gasteiger partial charge in [-0.1, -0.05) is 60.1 Å². The fourth-order valence-corrected chi connectivity index (χ4v) is 4.85. The van der Waals surface area contributed by atoms with Crippen molar-refractivity contribution >= 4 is 51.5 Å². The Kier molecular flexibility index (Phi) is 7.73. The molecular weight excluding hydrogens is 435 g/mol. The molecular formula is C20H18Cl2N2O2S2. The molecule has 0 amide bonds. The molecule has 0 spiro atoms. The van der Waals surface area contributed by atoms with E-state index in [9.17, 15) is 4.79 Å². The van der Waals surface area contributed by atoms with Gasteiger partial charge in [-0.15, -0.1) is 0 Å². The van der Waals surface area contributed by atoms with E-state index in [0.717, 1.165) is 24.0 Å². The lowest BCUT2D eigenvalue weighted by molar-refractivity contribution is 0.275. The monoisotopic (exact) mass is 452 g/mol. The summed E-state index contributed by atoms with van der Waals surface area (Å²) in [5.74, 6) is 0.645. The molecule has 28 heavy (non-hydrogen) atoms. The molecule has 0 N–H and O–H groups in total. The van der Waals surface area contributed by atoms with Crippen LogP contribution < -0.4 is 4.18 Å². The number of nitrogens with zero attached hydrogens (tertiary/aromatic N) is 2. The van der Waals surface area contributed by atoms with Gasteiger partial charge in [0.15, 0.2) is 0 Å². The van der Waals surface area contributed by atoms with Gasteiger partial charge in [0.2, 0.25) is 0 Å². The minimum atomic E-state index is -0.204. The molecule has 146 valence electrons. The van der Waals surface area contributed by atoms with Gasteiger partial charge in [-0.25, -0.2) is 4.98 Å². The lowest BCUT2D eigenvalue weighted by atomic mass is 10.1. The number of carbonyl (C=O) groups is 1. The standard InChI is InChI=1S/C20H18Cl2N2O2S2/c1-2-14-3-6-16(7-4-14)26-28-20(25)27-19(12-24-10-9-23-13-24)17-8-5-15(21)11-18(17)22/h3-11,13,19H,2,12H2,1H3. The average Bonchev–Trinajstić information content (AvgIpc) is 3.19. The maximum absolute atomic E-state index is 12.5. The van der Waals surface area contributed by atoms with Crippen LogP contribution in [0.25, 0.3) is 0 Å². The Hall–Kier alpha value is -1.60. The van der Waals surface area contributed by atoms with Crippen LogP contribution >= 0.6 is 47.0 Å². The van der Waals surface area contributed by atoms with Crippen molar-refractivity contribution < 1.29 is 8.98 Å². The van der Waals surface area contributed by atoms with E-state index in [0.29, 0.717) is 22.3 Å². The maximum atomic E-state index is 12.5. The zero-order valence-electron chi connectivity index (χ0n) is 15.0. The van der Waals surface area contributed by atoms with Gasteiger partial charge in [0, 0.05) is 29.0 Å². The predicted molar refractivity (Wildman–Crippen MR) is 118 cm³/mol. The van der Waals surface area contributed by atoms with Crippen molar-refractivity contribution in [2.45, 2.75) is 25.1 Å². The summed E-state index contributed by atoms with van der Waals surface area (Å²) in [6.45, 7) is 2.64. The van der Waals surface area contributed by atoms with Gasteiger partial charge in [0.1, 0.15) is 17.8 Å². The van der Waals surface area contributed by atoms with Gasteiger partial charge in [-0.05, 0) is 41.8 Å². The second kappa shape index (κ2) is 10.3. The highest BCUT2D eigenvalue weighted by Crippen LogP contribution is 2.39. The largest absolute Gasteiger partial charge is 0.417 e. The second-order valence-electron chi connectivity index (χ2n) is 5.95. The summed E-state index contributed by atoms with van der Waals surface area (Å²) in [4.78, 5) is 16.6. The van der Waals surface area contributed by atoms with Crippen molar-refractivity contribution in [2.24, 2.45) is 0 Å². The first kappa shape index (κ1) is 21.1. The zero-order valence-corrected chi connectivity index (χ0v) is 18.2. The molecule has 0 aliphatic carbocycles. The zero-order chi connectivity index (χ0) is 19.9. The van der Waals surface area contributed by atoms with Crippen molar-refractivity contribution in [3.63, 3.8) is 0 Å². The summed E-state index contributed by atoms with van der Waals surface area (Å²) in [5, 5.41) is 0.878. The van der Waals surface area contributed by atoms with Crippen molar-refractivity contribution in [1.29, 1.82) is 0 Å². The van der Waals surface area contributed by atoms with Crippen LogP contribution in [0.1, 0.15) is 23.3 Å². The number of hydrogen-bond donors (Lipinski definition) is 0. The molecule has 8 heteroatoms. The molecule has 0 radical (unpaired) electrons. The number of aryl methyl sites for hydroxylation is 1. The minimum absolute atomic E-state index is 0.157. The molecule has 0 saturated heterocycles. The Morgan fingerprint density at radius 3 is 2.64 bits per heavy atom. The molecule has 1 aromatic heterocycles. The van der Waals surface area contributed by atoms with Crippen LogP contribution in [0, 0.1) is 0 Å². The third-order valence-corrected chi connectivity index (χ3v) is 6.37. The predicted octanol–water partition coefficient (Wildman–Crippen LogP) is 7.07. The summed E-state index contributed by atoms with van der Waals surface area (Å²) in [7, 11) is 0. The smallest absolute Gasteiger partial charge is 0.285 e. The third kappa shape index (κ3) is 5.95. The highest BCUT2D eigenvalue weighted by molar-refractivity contribution is 8.37. The van der Waals surface area contributed by atoms with Crippen molar-refractivity contribution in [3.8, 4) is 5.75 Å². The summed E-state index contributed by atoms with van der Waals surface area (Å²) >= 11 is 14.4. The fraction of sp³-hybridized carbons (Fsp3) is 0.200. The molecule has 0 fully saturated rings. The molecule has 1 atom stereocenters. The molecule has 1 heterocycles. The topological polar surface area (TPSA) is 44.1 Å². The number of rotatable bonds is 7. The van der Waals surface area contributed by atoms with Gasteiger partial charge >= 0.3 is 0 Å². The number of hydrogen-bond acceptors (Lipinski definition) is 5. The Bertz CT molecular complexity index is 918. The van der Waals surface area contributed by atoms with E-state index in [4.69, 9.17) is 27.4 Å². The Morgan fingerprint density at radius 1 is 1.21 bits per heavy atom. The number of halogens is 2. The van der Waals surface area contributed by atoms with Crippen LogP contribution in [0.4, 0.5) is 4.79 Å². The van der Waals surface area contributed by atoms with E-state index in [1.54, 1.807) is 24.7 Å². The molecule has 4 nitrogen and oxygen atoms in total. The fourth-order valence-electron chi connectivity index (χ4n) is 2.55. The highest BCUT2D eigenvalue weighted by atomic mass is 35.5. The van der Waals surface area contributed by atoms with E-state index >= 15 is 0 Å². The number of thioether (sulfide) groups is 1. The number of aromatic nitrogens is 2. The molecule has 3 rings (SSSR count). The van der Waals surface area contributed by atoms with E-state index in [-0.39, 0.29) is 9.70 Å². The Balaban J connectivity index is 1.68. The van der Waals surface area contributed by atoms with E-state index in [2.05, 4.69) is 11.9 Å². The Morgan fingerprint density at radius 2 is 2.00 bits per heavy atom. The minimum Gasteiger partial charge on any atom is -0.417 e. The second-order valence-corrected chi connectivity index (χ2v) is 8.93. The van der Waals surface area contributed by atoms with Crippen molar-refractivity contribution in [2.75, 3.05) is 0 Å². The number of carbonyl (C=O) groups excluding carboxylic acids is 1. The number of imidazole rings is 1. The third-order valence-electron chi connectivity index (χ3n) is 4.02. The molecule has 0 aliphatic heterocycles. The Labute approximate surface area is 182 Å². The van der Waals surface area contributed by atoms with E-state index < -0.39 is 0 Å². The van der Waals surface area contributed by atoms with Crippen molar-refractivity contribution in [1.82, 2.24) is 9.55 Å². The summed E-state index contributed by atoms with van der Waals surface area (Å²) in [6.07, 6.45) is 6.21. The molecule has 0 aliphatic rings. The average molecular weight is 453 g/mol. The first-order chi connectivity index (χ1) is 13.5. The van der Waals surface area contributed by atoms with Gasteiger partial charge in [0.25, 0.3) is 4.45 Å². The van der Waals surface area contributed by atoms with Crippen LogP contribution in [0.3, 0.4) is 0 Å². The van der Waals surface area contributed by atoms with E-state index in [1.807, 2.05) is 41.1 Å². The summed E-state index contributed by atoms with van der Waals surface area (Å²) < 4.78 is 7.31. The summed E-state index contributed by atoms with van der Waals surface area (Å²) in [5.41, 5.74) is 2.06. The van der Waals surface area contributed by atoms with Gasteiger partial charge in [-0.3, -0.25) is 4.79 Å². The van der Waals surface area contributed by atoms with Gasteiger partial charge in [-0.2, -0.15) is 0 Å². The first-order valence-electron chi connectivity index (χ1n) is 8.60. The molecule has 0 saturated carbocycles. The molecule has 3 aromatic rings. The normalized spacial score (nSPS) is 12.0. The number of benzene rings is 2. The molecule has 1 unspecified atom stereocenters. The quantitative estimate of drug-likeness (QED) is 0.358. The van der Waals surface area contributed by atoms with Crippen LogP contribution in [0.5, 0.6) is 5.75 Å². The van der Waals surface area contributed by atoms with Crippen LogP contribution in [0.2, 0.25) is 10.0 Å². The SMILES string of the molecule is CCc1ccc(OSC(=O)SC(Cn2ccnc2)c2ccc(Cl)cc2Cl)cc1. The van der Waals surface area contributed by atoms with Crippen LogP contribution in [0.15, 0.2) is 61.2 Å². The molecule has 2 aromatic carbocycles. The molecule has 0 bridgehead atoms. The lowest BCUT2D eigenvalue weighted by Gasteiger charge is -2.18. The maximum Gasteiger partial charge on any atom is 0.285 e. The van der Waals surface area contributed by atoms with E-state index in [1.165, 1.54) is 17.3 Å². The van der Waals surface area contributed by atoms with Crippen LogP contribution in [-0.4, -0.2) is 14.0 Å². The lowest BCUT2D eigenvalue weighted by Crippen LogP contribution is -2.07. The highest BCUT2D eigenvalue weighted by Gasteiger charge is 2.21.